The minimum atomic E-state index is -1.10. The molecule has 2 rings (SSSR count). The van der Waals surface area contributed by atoms with Crippen molar-refractivity contribution in [3.63, 3.8) is 0 Å². The van der Waals surface area contributed by atoms with Gasteiger partial charge in [-0.05, 0) is 48.6 Å². The molecule has 0 aliphatic rings. The van der Waals surface area contributed by atoms with Crippen LogP contribution >= 0.6 is 23.8 Å². The molecule has 0 radical (unpaired) electrons. The summed E-state index contributed by atoms with van der Waals surface area (Å²) in [5.41, 5.74) is 0.329. The molecular formula is C15H11ClN2O4S. The number of amides is 1. The minimum absolute atomic E-state index is 0.0106. The maximum Gasteiger partial charge on any atom is 0.335 e. The summed E-state index contributed by atoms with van der Waals surface area (Å²) in [4.78, 5) is 22.6. The molecule has 6 nitrogen and oxygen atoms in total. The summed E-state index contributed by atoms with van der Waals surface area (Å²) in [5.74, 6) is -1.04. The van der Waals surface area contributed by atoms with Gasteiger partial charge in [0, 0.05) is 6.08 Å². The Morgan fingerprint density at radius 1 is 1.30 bits per heavy atom. The zero-order valence-electron chi connectivity index (χ0n) is 11.6. The van der Waals surface area contributed by atoms with Crippen LogP contribution in [0, 0.1) is 0 Å². The summed E-state index contributed by atoms with van der Waals surface area (Å²) in [7, 11) is 0. The largest absolute Gasteiger partial charge is 0.478 e. The predicted molar refractivity (Wildman–Crippen MR) is 90.5 cm³/mol. The molecule has 8 heteroatoms. The Bertz CT molecular complexity index is 772. The molecule has 0 spiro atoms. The summed E-state index contributed by atoms with van der Waals surface area (Å²) in [6, 6.07) is 7.50. The number of halogens is 1. The van der Waals surface area contributed by atoms with Gasteiger partial charge in [0.25, 0.3) is 0 Å². The summed E-state index contributed by atoms with van der Waals surface area (Å²) in [5, 5.41) is 14.3. The topological polar surface area (TPSA) is 91.6 Å². The molecule has 1 aromatic heterocycles. The van der Waals surface area contributed by atoms with Crippen LogP contribution in [0.25, 0.3) is 6.08 Å². The van der Waals surface area contributed by atoms with Crippen molar-refractivity contribution < 1.29 is 19.1 Å². The number of benzene rings is 1. The van der Waals surface area contributed by atoms with Crippen LogP contribution in [0.5, 0.6) is 0 Å². The maximum atomic E-state index is 11.7. The van der Waals surface area contributed by atoms with E-state index in [0.717, 1.165) is 0 Å². The summed E-state index contributed by atoms with van der Waals surface area (Å²) in [6.07, 6.45) is 4.22. The fourth-order valence-electron chi connectivity index (χ4n) is 1.61. The molecule has 1 aromatic carbocycles. The number of carbonyl (C=O) groups is 2. The third kappa shape index (κ3) is 4.94. The zero-order valence-corrected chi connectivity index (χ0v) is 13.1. The molecule has 1 amide bonds. The monoisotopic (exact) mass is 350 g/mol. The Morgan fingerprint density at radius 2 is 2.09 bits per heavy atom. The van der Waals surface area contributed by atoms with Crippen LogP contribution in [0.1, 0.15) is 16.1 Å². The average Bonchev–Trinajstić information content (AvgIpc) is 3.00. The lowest BCUT2D eigenvalue weighted by molar-refractivity contribution is -0.115. The van der Waals surface area contributed by atoms with Crippen LogP contribution in [0.4, 0.5) is 5.69 Å². The van der Waals surface area contributed by atoms with Crippen molar-refractivity contribution in [3.8, 4) is 0 Å². The number of carboxylic acid groups (broad SMARTS) is 1. The first-order valence-electron chi connectivity index (χ1n) is 6.32. The van der Waals surface area contributed by atoms with Crippen LogP contribution < -0.4 is 10.6 Å². The number of rotatable bonds is 4. The lowest BCUT2D eigenvalue weighted by atomic mass is 10.2. The van der Waals surface area contributed by atoms with Crippen molar-refractivity contribution in [1.29, 1.82) is 0 Å². The van der Waals surface area contributed by atoms with E-state index in [1.807, 2.05) is 0 Å². The number of aromatic carboxylic acids is 1. The van der Waals surface area contributed by atoms with E-state index in [2.05, 4.69) is 10.6 Å². The maximum absolute atomic E-state index is 11.7. The van der Waals surface area contributed by atoms with Gasteiger partial charge in [0.05, 0.1) is 22.5 Å². The van der Waals surface area contributed by atoms with E-state index in [0.29, 0.717) is 5.76 Å². The average molecular weight is 351 g/mol. The number of anilines is 1. The van der Waals surface area contributed by atoms with Crippen molar-refractivity contribution in [1.82, 2.24) is 5.32 Å². The van der Waals surface area contributed by atoms with Crippen molar-refractivity contribution >= 4 is 52.6 Å². The summed E-state index contributed by atoms with van der Waals surface area (Å²) >= 11 is 10.9. The Kier molecular flexibility index (Phi) is 5.51. The second-order valence-corrected chi connectivity index (χ2v) is 5.11. The highest BCUT2D eigenvalue weighted by Crippen LogP contribution is 2.23. The number of carbonyl (C=O) groups excluding carboxylic acids is 1. The van der Waals surface area contributed by atoms with Gasteiger partial charge in [-0.2, -0.15) is 0 Å². The molecule has 0 saturated heterocycles. The summed E-state index contributed by atoms with van der Waals surface area (Å²) in [6.45, 7) is 0. The van der Waals surface area contributed by atoms with E-state index in [-0.39, 0.29) is 21.4 Å². The van der Waals surface area contributed by atoms with Gasteiger partial charge in [0.1, 0.15) is 5.76 Å². The SMILES string of the molecule is O=C(C=Cc1ccco1)NC(=S)Nc1cc(C(=O)O)ccc1Cl. The number of hydrogen-bond donors (Lipinski definition) is 3. The molecule has 0 bridgehead atoms. The second kappa shape index (κ2) is 7.57. The molecule has 0 atom stereocenters. The number of thiocarbonyl (C=S) groups is 1. The van der Waals surface area contributed by atoms with Crippen molar-refractivity contribution in [3.05, 3.63) is 59.0 Å². The molecule has 0 aliphatic carbocycles. The first-order valence-corrected chi connectivity index (χ1v) is 7.11. The summed E-state index contributed by atoms with van der Waals surface area (Å²) < 4.78 is 5.05. The molecule has 23 heavy (non-hydrogen) atoms. The van der Waals surface area contributed by atoms with Crippen LogP contribution in [-0.4, -0.2) is 22.1 Å². The lowest BCUT2D eigenvalue weighted by Gasteiger charge is -2.10. The quantitative estimate of drug-likeness (QED) is 0.579. The van der Waals surface area contributed by atoms with Gasteiger partial charge in [0.2, 0.25) is 5.91 Å². The molecule has 1 heterocycles. The van der Waals surface area contributed by atoms with Crippen molar-refractivity contribution in [2.75, 3.05) is 5.32 Å². The van der Waals surface area contributed by atoms with Crippen LogP contribution in [-0.2, 0) is 4.79 Å². The van der Waals surface area contributed by atoms with E-state index in [1.54, 1.807) is 12.1 Å². The van der Waals surface area contributed by atoms with Crippen LogP contribution in [0.15, 0.2) is 47.1 Å². The van der Waals surface area contributed by atoms with Gasteiger partial charge in [-0.3, -0.25) is 10.1 Å². The van der Waals surface area contributed by atoms with E-state index in [4.69, 9.17) is 33.3 Å². The number of carboxylic acids is 1. The van der Waals surface area contributed by atoms with Crippen molar-refractivity contribution in [2.24, 2.45) is 0 Å². The molecule has 0 fully saturated rings. The molecule has 2 aromatic rings. The fourth-order valence-corrected chi connectivity index (χ4v) is 1.98. The minimum Gasteiger partial charge on any atom is -0.478 e. The molecule has 0 saturated carbocycles. The first-order chi connectivity index (χ1) is 11.0. The Balaban J connectivity index is 1.98. The fraction of sp³-hybridized carbons (Fsp3) is 0. The second-order valence-electron chi connectivity index (χ2n) is 4.29. The van der Waals surface area contributed by atoms with Gasteiger partial charge in [-0.1, -0.05) is 11.6 Å². The van der Waals surface area contributed by atoms with Gasteiger partial charge in [0.15, 0.2) is 5.11 Å². The highest BCUT2D eigenvalue weighted by atomic mass is 35.5. The Labute approximate surface area is 141 Å². The van der Waals surface area contributed by atoms with Gasteiger partial charge < -0.3 is 14.8 Å². The smallest absolute Gasteiger partial charge is 0.335 e. The van der Waals surface area contributed by atoms with Crippen LogP contribution in [0.2, 0.25) is 5.02 Å². The Morgan fingerprint density at radius 3 is 2.74 bits per heavy atom. The highest BCUT2D eigenvalue weighted by molar-refractivity contribution is 7.80. The number of nitrogens with one attached hydrogen (secondary N) is 2. The third-order valence-corrected chi connectivity index (χ3v) is 3.17. The molecule has 3 N–H and O–H groups in total. The number of hydrogen-bond acceptors (Lipinski definition) is 4. The van der Waals surface area contributed by atoms with Crippen LogP contribution in [0.3, 0.4) is 0 Å². The first kappa shape index (κ1) is 16.7. The molecular weight excluding hydrogens is 340 g/mol. The van der Waals surface area contributed by atoms with Gasteiger partial charge in [-0.25, -0.2) is 4.79 Å². The van der Waals surface area contributed by atoms with E-state index < -0.39 is 11.9 Å². The molecule has 0 unspecified atom stereocenters. The predicted octanol–water partition coefficient (Wildman–Crippen LogP) is 3.16. The standard InChI is InChI=1S/C15H11ClN2O4S/c16-11-5-3-9(14(20)21)8-12(11)17-15(23)18-13(19)6-4-10-2-1-7-22-10/h1-8H,(H,20,21)(H2,17,18,19,23). The lowest BCUT2D eigenvalue weighted by Crippen LogP contribution is -2.32. The number of furan rings is 1. The van der Waals surface area contributed by atoms with E-state index in [1.165, 1.54) is 36.6 Å². The van der Waals surface area contributed by atoms with Gasteiger partial charge >= 0.3 is 5.97 Å². The Hall–Kier alpha value is -2.64. The van der Waals surface area contributed by atoms with E-state index in [9.17, 15) is 9.59 Å². The third-order valence-electron chi connectivity index (χ3n) is 2.64. The molecule has 0 aliphatic heterocycles. The normalized spacial score (nSPS) is 10.5. The molecule has 118 valence electrons. The van der Waals surface area contributed by atoms with Gasteiger partial charge in [-0.15, -0.1) is 0 Å². The van der Waals surface area contributed by atoms with E-state index >= 15 is 0 Å². The van der Waals surface area contributed by atoms with Crippen molar-refractivity contribution in [2.45, 2.75) is 0 Å². The zero-order chi connectivity index (χ0) is 16.8. The highest BCUT2D eigenvalue weighted by Gasteiger charge is 2.09.